The topological polar surface area (TPSA) is 109 Å². The maximum atomic E-state index is 11.9. The van der Waals surface area contributed by atoms with Crippen molar-refractivity contribution in [1.29, 1.82) is 0 Å². The highest BCUT2D eigenvalue weighted by Crippen LogP contribution is 2.07. The lowest BCUT2D eigenvalue weighted by molar-refractivity contribution is 0.0696. The van der Waals surface area contributed by atoms with E-state index in [1.807, 2.05) is 0 Å². The Labute approximate surface area is 115 Å². The third kappa shape index (κ3) is 3.37. The van der Waals surface area contributed by atoms with E-state index in [4.69, 9.17) is 5.11 Å². The third-order valence-corrected chi connectivity index (χ3v) is 3.84. The monoisotopic (exact) mass is 293 g/mol. The molecule has 0 saturated heterocycles. The minimum atomic E-state index is -3.69. The molecule has 0 unspecified atom stereocenters. The number of nitrogens with zero attached hydrogens (tertiary/aromatic N) is 2. The Hall–Kier alpha value is -2.32. The molecular weight excluding hydrogens is 282 g/mol. The van der Waals surface area contributed by atoms with Crippen LogP contribution in [-0.2, 0) is 16.6 Å². The number of hydrogen-bond donors (Lipinski definition) is 2. The molecule has 2 rings (SSSR count). The number of rotatable bonds is 5. The Morgan fingerprint density at radius 3 is 2.75 bits per heavy atom. The molecule has 2 aromatic heterocycles. The molecule has 0 saturated carbocycles. The second kappa shape index (κ2) is 5.76. The largest absolute Gasteiger partial charge is 0.478 e. The van der Waals surface area contributed by atoms with E-state index in [1.165, 1.54) is 42.9 Å². The van der Waals surface area contributed by atoms with Crippen LogP contribution in [0.15, 0.2) is 47.8 Å². The van der Waals surface area contributed by atoms with Crippen LogP contribution in [0, 0.1) is 0 Å². The Bertz CT molecular complexity index is 716. The first-order chi connectivity index (χ1) is 9.49. The molecule has 0 amide bonds. The van der Waals surface area contributed by atoms with Crippen molar-refractivity contribution in [2.24, 2.45) is 0 Å². The Balaban J connectivity index is 2.13. The zero-order valence-electron chi connectivity index (χ0n) is 10.2. The van der Waals surface area contributed by atoms with E-state index in [1.54, 1.807) is 0 Å². The van der Waals surface area contributed by atoms with Crippen molar-refractivity contribution < 1.29 is 18.3 Å². The normalized spacial score (nSPS) is 11.2. The molecule has 104 valence electrons. The van der Waals surface area contributed by atoms with E-state index in [2.05, 4.69) is 14.7 Å². The summed E-state index contributed by atoms with van der Waals surface area (Å²) >= 11 is 0. The number of hydrogen-bond acceptors (Lipinski definition) is 5. The summed E-state index contributed by atoms with van der Waals surface area (Å²) in [7, 11) is -3.69. The van der Waals surface area contributed by atoms with E-state index in [0.717, 1.165) is 0 Å². The molecule has 0 fully saturated rings. The zero-order valence-corrected chi connectivity index (χ0v) is 11.0. The molecule has 20 heavy (non-hydrogen) atoms. The molecule has 2 aromatic rings. The minimum absolute atomic E-state index is 0.0365. The fourth-order valence-corrected chi connectivity index (χ4v) is 2.43. The highest BCUT2D eigenvalue weighted by Gasteiger charge is 2.14. The maximum absolute atomic E-state index is 11.9. The number of pyridine rings is 2. The molecular formula is C12H11N3O4S. The first kappa shape index (κ1) is 14.1. The van der Waals surface area contributed by atoms with Gasteiger partial charge >= 0.3 is 5.97 Å². The molecule has 0 bridgehead atoms. The van der Waals surface area contributed by atoms with Gasteiger partial charge in [-0.25, -0.2) is 17.9 Å². The molecule has 0 aliphatic rings. The predicted molar refractivity (Wildman–Crippen MR) is 69.5 cm³/mol. The highest BCUT2D eigenvalue weighted by atomic mass is 32.2. The molecule has 7 nitrogen and oxygen atoms in total. The van der Waals surface area contributed by atoms with Gasteiger partial charge in [-0.1, -0.05) is 0 Å². The third-order valence-electron chi connectivity index (χ3n) is 2.45. The fraction of sp³-hybridized carbons (Fsp3) is 0.0833. The molecule has 0 radical (unpaired) electrons. The van der Waals surface area contributed by atoms with Gasteiger partial charge in [0.1, 0.15) is 4.90 Å². The average molecular weight is 293 g/mol. The molecule has 0 spiro atoms. The number of nitrogens with one attached hydrogen (secondary N) is 1. The van der Waals surface area contributed by atoms with Crippen molar-refractivity contribution in [2.45, 2.75) is 11.4 Å². The molecule has 2 heterocycles. The van der Waals surface area contributed by atoms with Gasteiger partial charge in [0.15, 0.2) is 0 Å². The van der Waals surface area contributed by atoms with E-state index in [9.17, 15) is 13.2 Å². The second-order valence-electron chi connectivity index (χ2n) is 3.85. The van der Waals surface area contributed by atoms with Crippen molar-refractivity contribution in [3.8, 4) is 0 Å². The zero-order chi connectivity index (χ0) is 14.6. The number of aromatic nitrogens is 2. The lowest BCUT2D eigenvalue weighted by Gasteiger charge is -2.06. The molecule has 0 atom stereocenters. The first-order valence-electron chi connectivity index (χ1n) is 5.57. The summed E-state index contributed by atoms with van der Waals surface area (Å²) in [6.45, 7) is -0.0989. The van der Waals surface area contributed by atoms with Crippen molar-refractivity contribution in [3.05, 3.63) is 54.1 Å². The van der Waals surface area contributed by atoms with Crippen LogP contribution in [0.3, 0.4) is 0 Å². The molecule has 0 aliphatic carbocycles. The van der Waals surface area contributed by atoms with Crippen LogP contribution in [-0.4, -0.2) is 29.5 Å². The summed E-state index contributed by atoms with van der Waals surface area (Å²) in [4.78, 5) is 18.5. The minimum Gasteiger partial charge on any atom is -0.478 e. The van der Waals surface area contributed by atoms with Gasteiger partial charge in [-0.15, -0.1) is 0 Å². The number of aromatic carboxylic acids is 1. The van der Waals surface area contributed by atoms with E-state index in [-0.39, 0.29) is 17.0 Å². The summed E-state index contributed by atoms with van der Waals surface area (Å²) in [5.74, 6) is -1.09. The van der Waals surface area contributed by atoms with Gasteiger partial charge in [0.05, 0.1) is 17.8 Å². The summed E-state index contributed by atoms with van der Waals surface area (Å²) < 4.78 is 26.2. The van der Waals surface area contributed by atoms with Crippen molar-refractivity contribution >= 4 is 16.0 Å². The predicted octanol–water partition coefficient (Wildman–Crippen LogP) is 0.653. The summed E-state index contributed by atoms with van der Waals surface area (Å²) in [5.41, 5.74) is 0.368. The highest BCUT2D eigenvalue weighted by molar-refractivity contribution is 7.89. The van der Waals surface area contributed by atoms with E-state index >= 15 is 0 Å². The van der Waals surface area contributed by atoms with Crippen LogP contribution in [0.4, 0.5) is 0 Å². The maximum Gasteiger partial charge on any atom is 0.335 e. The Kier molecular flexibility index (Phi) is 4.06. The van der Waals surface area contributed by atoms with Gasteiger partial charge in [0, 0.05) is 18.6 Å². The van der Waals surface area contributed by atoms with Crippen LogP contribution in [0.25, 0.3) is 0 Å². The van der Waals surface area contributed by atoms with E-state index < -0.39 is 16.0 Å². The summed E-state index contributed by atoms with van der Waals surface area (Å²) in [6.07, 6.45) is 4.01. The number of carbonyl (C=O) groups is 1. The van der Waals surface area contributed by atoms with E-state index in [0.29, 0.717) is 5.69 Å². The van der Waals surface area contributed by atoms with Gasteiger partial charge in [0.25, 0.3) is 0 Å². The van der Waals surface area contributed by atoms with Crippen LogP contribution in [0.5, 0.6) is 0 Å². The molecule has 2 N–H and O–H groups in total. The lowest BCUT2D eigenvalue weighted by Crippen LogP contribution is -2.24. The van der Waals surface area contributed by atoms with Crippen LogP contribution in [0.1, 0.15) is 16.1 Å². The van der Waals surface area contributed by atoms with Crippen molar-refractivity contribution in [1.82, 2.24) is 14.7 Å². The Morgan fingerprint density at radius 2 is 2.10 bits per heavy atom. The number of carboxylic acids is 1. The van der Waals surface area contributed by atoms with Gasteiger partial charge in [-0.05, 0) is 24.3 Å². The van der Waals surface area contributed by atoms with Crippen LogP contribution < -0.4 is 4.72 Å². The van der Waals surface area contributed by atoms with Crippen molar-refractivity contribution in [3.63, 3.8) is 0 Å². The van der Waals surface area contributed by atoms with Gasteiger partial charge < -0.3 is 5.11 Å². The summed E-state index contributed by atoms with van der Waals surface area (Å²) in [6, 6.07) is 5.57. The quantitative estimate of drug-likeness (QED) is 0.837. The standard InChI is InChI=1S/C12H11N3O4S/c16-12(17)9-3-5-14-10(6-9)7-15-20(18,19)11-2-1-4-13-8-11/h1-6,8,15H,7H2,(H,16,17). The number of sulfonamides is 1. The smallest absolute Gasteiger partial charge is 0.335 e. The van der Waals surface area contributed by atoms with Gasteiger partial charge in [-0.2, -0.15) is 0 Å². The first-order valence-corrected chi connectivity index (χ1v) is 7.05. The number of carboxylic acid groups (broad SMARTS) is 1. The van der Waals surface area contributed by atoms with Crippen LogP contribution in [0.2, 0.25) is 0 Å². The molecule has 8 heteroatoms. The summed E-state index contributed by atoms with van der Waals surface area (Å²) in [5, 5.41) is 8.84. The van der Waals surface area contributed by atoms with Gasteiger partial charge in [0.2, 0.25) is 10.0 Å². The average Bonchev–Trinajstić information content (AvgIpc) is 2.46. The van der Waals surface area contributed by atoms with Gasteiger partial charge in [-0.3, -0.25) is 9.97 Å². The van der Waals surface area contributed by atoms with Crippen LogP contribution >= 0.6 is 0 Å². The molecule has 0 aliphatic heterocycles. The fourth-order valence-electron chi connectivity index (χ4n) is 1.47. The molecule has 0 aromatic carbocycles. The second-order valence-corrected chi connectivity index (χ2v) is 5.62. The lowest BCUT2D eigenvalue weighted by atomic mass is 10.2. The Morgan fingerprint density at radius 1 is 1.30 bits per heavy atom. The van der Waals surface area contributed by atoms with Crippen molar-refractivity contribution in [2.75, 3.05) is 0 Å². The SMILES string of the molecule is O=C(O)c1ccnc(CNS(=O)(=O)c2cccnc2)c1.